The molecule has 2 aromatic rings. The minimum atomic E-state index is -4.61. The lowest BCUT2D eigenvalue weighted by molar-refractivity contribution is -0.138. The van der Waals surface area contributed by atoms with E-state index in [-0.39, 0.29) is 10.7 Å². The summed E-state index contributed by atoms with van der Waals surface area (Å²) < 4.78 is 44.5. The maximum absolute atomic E-state index is 13.2. The van der Waals surface area contributed by atoms with Gasteiger partial charge in [-0.3, -0.25) is 0 Å². The molecule has 2 rings (SSSR count). The van der Waals surface area contributed by atoms with E-state index in [4.69, 9.17) is 10.00 Å². The number of halogens is 3. The van der Waals surface area contributed by atoms with Crippen LogP contribution in [0.2, 0.25) is 0 Å². The number of hydrogen-bond acceptors (Lipinski definition) is 4. The summed E-state index contributed by atoms with van der Waals surface area (Å²) in [7, 11) is 1.50. The normalized spacial score (nSPS) is 11.1. The van der Waals surface area contributed by atoms with Crippen LogP contribution < -0.4 is 4.74 Å². The van der Waals surface area contributed by atoms with Gasteiger partial charge in [-0.05, 0) is 36.6 Å². The van der Waals surface area contributed by atoms with Gasteiger partial charge >= 0.3 is 6.18 Å². The standard InChI is InChI=1S/C15H11F3N2OS/c1-21-10-5-3-9(4-6-10)13-7-12(15(16,17)18)11(8-19)14(20-13)22-2/h3-7H,1-2H3. The van der Waals surface area contributed by atoms with Gasteiger partial charge in [-0.25, -0.2) is 4.98 Å². The van der Waals surface area contributed by atoms with Crippen molar-refractivity contribution in [1.82, 2.24) is 4.98 Å². The van der Waals surface area contributed by atoms with Gasteiger partial charge in [-0.1, -0.05) is 0 Å². The largest absolute Gasteiger partial charge is 0.497 e. The lowest BCUT2D eigenvalue weighted by atomic mass is 10.1. The van der Waals surface area contributed by atoms with Crippen molar-refractivity contribution in [3.8, 4) is 23.1 Å². The summed E-state index contributed by atoms with van der Waals surface area (Å²) in [5.41, 5.74) is -0.734. The maximum atomic E-state index is 13.2. The van der Waals surface area contributed by atoms with Gasteiger partial charge in [0.05, 0.1) is 23.9 Å². The van der Waals surface area contributed by atoms with Crippen LogP contribution in [0, 0.1) is 11.3 Å². The highest BCUT2D eigenvalue weighted by Gasteiger charge is 2.35. The molecule has 0 spiro atoms. The molecule has 1 heterocycles. The fourth-order valence-electron chi connectivity index (χ4n) is 1.91. The Bertz CT molecular complexity index is 721. The first-order chi connectivity index (χ1) is 10.4. The van der Waals surface area contributed by atoms with Crippen molar-refractivity contribution in [3.63, 3.8) is 0 Å². The van der Waals surface area contributed by atoms with Crippen LogP contribution in [0.1, 0.15) is 11.1 Å². The third-order valence-electron chi connectivity index (χ3n) is 2.98. The first-order valence-electron chi connectivity index (χ1n) is 6.11. The predicted octanol–water partition coefficient (Wildman–Crippen LogP) is 4.37. The van der Waals surface area contributed by atoms with Gasteiger partial charge in [0.2, 0.25) is 0 Å². The van der Waals surface area contributed by atoms with Crippen LogP contribution in [0.5, 0.6) is 5.75 Å². The highest BCUT2D eigenvalue weighted by atomic mass is 32.2. The lowest BCUT2D eigenvalue weighted by Crippen LogP contribution is -2.10. The number of benzene rings is 1. The Morgan fingerprint density at radius 1 is 1.23 bits per heavy atom. The summed E-state index contributed by atoms with van der Waals surface area (Å²) in [5, 5.41) is 9.06. The van der Waals surface area contributed by atoms with Crippen molar-refractivity contribution in [2.45, 2.75) is 11.2 Å². The number of rotatable bonds is 3. The molecule has 0 atom stereocenters. The average Bonchev–Trinajstić information content (AvgIpc) is 2.52. The van der Waals surface area contributed by atoms with Crippen molar-refractivity contribution < 1.29 is 17.9 Å². The second kappa shape index (κ2) is 6.28. The van der Waals surface area contributed by atoms with Gasteiger partial charge in [0.15, 0.2) is 0 Å². The highest BCUT2D eigenvalue weighted by Crippen LogP contribution is 2.37. The molecule has 0 aliphatic rings. The van der Waals surface area contributed by atoms with Gasteiger partial charge < -0.3 is 4.74 Å². The van der Waals surface area contributed by atoms with E-state index in [2.05, 4.69) is 4.98 Å². The molecule has 0 unspecified atom stereocenters. The lowest BCUT2D eigenvalue weighted by Gasteiger charge is -2.13. The van der Waals surface area contributed by atoms with Crippen molar-refractivity contribution in [2.24, 2.45) is 0 Å². The Morgan fingerprint density at radius 2 is 1.86 bits per heavy atom. The SMILES string of the molecule is COc1ccc(-c2cc(C(F)(F)F)c(C#N)c(SC)n2)cc1. The quantitative estimate of drug-likeness (QED) is 0.787. The third kappa shape index (κ3) is 3.17. The van der Waals surface area contributed by atoms with E-state index >= 15 is 0 Å². The zero-order chi connectivity index (χ0) is 16.3. The van der Waals surface area contributed by atoms with E-state index in [0.717, 1.165) is 17.8 Å². The number of pyridine rings is 1. The molecule has 0 aliphatic heterocycles. The number of alkyl halides is 3. The molecule has 0 amide bonds. The molecular weight excluding hydrogens is 313 g/mol. The molecule has 0 aliphatic carbocycles. The van der Waals surface area contributed by atoms with E-state index in [1.807, 2.05) is 0 Å². The average molecular weight is 324 g/mol. The summed E-state index contributed by atoms with van der Waals surface area (Å²) in [6, 6.07) is 9.02. The van der Waals surface area contributed by atoms with Crippen molar-refractivity contribution in [3.05, 3.63) is 41.5 Å². The zero-order valence-corrected chi connectivity index (χ0v) is 12.5. The van der Waals surface area contributed by atoms with Crippen LogP contribution in [0.4, 0.5) is 13.2 Å². The molecule has 0 fully saturated rings. The summed E-state index contributed by atoms with van der Waals surface area (Å²) in [6.45, 7) is 0. The van der Waals surface area contributed by atoms with Crippen LogP contribution in [-0.2, 0) is 6.18 Å². The van der Waals surface area contributed by atoms with Crippen molar-refractivity contribution in [1.29, 1.82) is 5.26 Å². The van der Waals surface area contributed by atoms with Crippen molar-refractivity contribution in [2.75, 3.05) is 13.4 Å². The highest BCUT2D eigenvalue weighted by molar-refractivity contribution is 7.98. The fourth-order valence-corrected chi connectivity index (χ4v) is 2.46. The van der Waals surface area contributed by atoms with E-state index in [1.54, 1.807) is 36.6 Å². The summed E-state index contributed by atoms with van der Waals surface area (Å²) in [5.74, 6) is 0.596. The van der Waals surface area contributed by atoms with Crippen LogP contribution in [0.3, 0.4) is 0 Å². The molecule has 0 N–H and O–H groups in total. The Balaban J connectivity index is 2.64. The number of ether oxygens (including phenoxy) is 1. The molecular formula is C15H11F3N2OS. The number of nitrogens with zero attached hydrogens (tertiary/aromatic N) is 2. The number of methoxy groups -OCH3 is 1. The maximum Gasteiger partial charge on any atom is 0.417 e. The topological polar surface area (TPSA) is 45.9 Å². The number of hydrogen-bond donors (Lipinski definition) is 0. The Morgan fingerprint density at radius 3 is 2.32 bits per heavy atom. The summed E-state index contributed by atoms with van der Waals surface area (Å²) in [4.78, 5) is 4.16. The first kappa shape index (κ1) is 16.2. The number of aromatic nitrogens is 1. The molecule has 0 bridgehead atoms. The molecule has 114 valence electrons. The monoisotopic (exact) mass is 324 g/mol. The summed E-state index contributed by atoms with van der Waals surface area (Å²) in [6.07, 6.45) is -3.03. The molecule has 0 saturated carbocycles. The first-order valence-corrected chi connectivity index (χ1v) is 7.34. The second-order valence-electron chi connectivity index (χ2n) is 4.28. The minimum Gasteiger partial charge on any atom is -0.497 e. The Labute approximate surface area is 129 Å². The second-order valence-corrected chi connectivity index (χ2v) is 5.07. The van der Waals surface area contributed by atoms with Gasteiger partial charge in [0, 0.05) is 5.56 Å². The van der Waals surface area contributed by atoms with Gasteiger partial charge in [-0.15, -0.1) is 11.8 Å². The Kier molecular flexibility index (Phi) is 4.62. The fraction of sp³-hybridized carbons (Fsp3) is 0.200. The van der Waals surface area contributed by atoms with Gasteiger partial charge in [0.25, 0.3) is 0 Å². The van der Waals surface area contributed by atoms with Crippen LogP contribution >= 0.6 is 11.8 Å². The summed E-state index contributed by atoms with van der Waals surface area (Å²) >= 11 is 1.01. The molecule has 22 heavy (non-hydrogen) atoms. The Hall–Kier alpha value is -2.20. The third-order valence-corrected chi connectivity index (χ3v) is 3.66. The molecule has 1 aromatic carbocycles. The predicted molar refractivity (Wildman–Crippen MR) is 77.7 cm³/mol. The smallest absolute Gasteiger partial charge is 0.417 e. The number of nitriles is 1. The molecule has 0 radical (unpaired) electrons. The number of thioether (sulfide) groups is 1. The van der Waals surface area contributed by atoms with E-state index < -0.39 is 17.3 Å². The van der Waals surface area contributed by atoms with E-state index in [9.17, 15) is 13.2 Å². The molecule has 1 aromatic heterocycles. The van der Waals surface area contributed by atoms with Gasteiger partial charge in [-0.2, -0.15) is 18.4 Å². The van der Waals surface area contributed by atoms with E-state index in [0.29, 0.717) is 11.3 Å². The van der Waals surface area contributed by atoms with E-state index in [1.165, 1.54) is 7.11 Å². The van der Waals surface area contributed by atoms with Crippen LogP contribution in [0.15, 0.2) is 35.4 Å². The van der Waals surface area contributed by atoms with Gasteiger partial charge in [0.1, 0.15) is 16.8 Å². The van der Waals surface area contributed by atoms with Crippen LogP contribution in [0.25, 0.3) is 11.3 Å². The molecule has 0 saturated heterocycles. The molecule has 3 nitrogen and oxygen atoms in total. The zero-order valence-electron chi connectivity index (χ0n) is 11.7. The minimum absolute atomic E-state index is 0.0585. The molecule has 7 heteroatoms. The van der Waals surface area contributed by atoms with Crippen molar-refractivity contribution >= 4 is 11.8 Å². The van der Waals surface area contributed by atoms with Crippen LogP contribution in [-0.4, -0.2) is 18.3 Å².